The zero-order valence-corrected chi connectivity index (χ0v) is 51.1. The topological polar surface area (TPSA) is 95.9 Å². The van der Waals surface area contributed by atoms with Crippen LogP contribution in [0.3, 0.4) is 0 Å². The summed E-state index contributed by atoms with van der Waals surface area (Å²) in [5.41, 5.74) is 0. The Labute approximate surface area is 469 Å². The minimum atomic E-state index is -0.843. The molecule has 0 aliphatic carbocycles. The number of nitrogens with one attached hydrogen (secondary N) is 1. The Morgan fingerprint density at radius 1 is 0.360 bits per heavy atom. The number of hydrogen-bond acceptors (Lipinski definition) is 5. The van der Waals surface area contributed by atoms with Crippen molar-refractivity contribution in [1.29, 1.82) is 0 Å². The van der Waals surface area contributed by atoms with Crippen molar-refractivity contribution in [3.05, 3.63) is 12.2 Å². The van der Waals surface area contributed by atoms with Crippen LogP contribution in [-0.2, 0) is 14.3 Å². The third-order valence-corrected chi connectivity index (χ3v) is 16.3. The summed E-state index contributed by atoms with van der Waals surface area (Å²) in [5, 5.41) is 23.2. The highest BCUT2D eigenvalue weighted by Crippen LogP contribution is 2.19. The van der Waals surface area contributed by atoms with Gasteiger partial charge in [-0.05, 0) is 32.1 Å². The SMILES string of the molecule is CCCCCCCCCCCCCCCC/C=C/C(O)C(CO)NC(=O)CCCCCCCCCCCCCCCCCCCCCCCCCOC(=O)CCCCCCCCCCCCCCCCCCCCC. The molecule has 0 aromatic carbocycles. The van der Waals surface area contributed by atoms with E-state index in [0.717, 1.165) is 38.5 Å². The molecule has 6 nitrogen and oxygen atoms in total. The summed E-state index contributed by atoms with van der Waals surface area (Å²) in [7, 11) is 0. The Balaban J connectivity index is 3.36. The standard InChI is InChI=1S/C69H135NO5/c1-3-5-7-9-11-13-15-17-19-21-27-31-35-39-43-47-51-55-59-63-69(74)75-64-60-56-52-48-44-40-36-32-29-26-24-22-23-25-28-30-34-38-42-46-50-54-58-62-68(73)70-66(65-71)67(72)61-57-53-49-45-41-37-33-20-18-16-14-12-10-8-6-4-2/h57,61,66-67,71-72H,3-56,58-60,62-65H2,1-2H3,(H,70,73)/b61-57+. The van der Waals surface area contributed by atoms with Crippen molar-refractivity contribution in [1.82, 2.24) is 5.32 Å². The van der Waals surface area contributed by atoms with Crippen LogP contribution in [0.2, 0.25) is 0 Å². The lowest BCUT2D eigenvalue weighted by molar-refractivity contribution is -0.143. The van der Waals surface area contributed by atoms with Gasteiger partial charge in [0, 0.05) is 12.8 Å². The molecule has 0 aromatic rings. The van der Waals surface area contributed by atoms with Gasteiger partial charge in [0.25, 0.3) is 0 Å². The number of hydrogen-bond donors (Lipinski definition) is 3. The van der Waals surface area contributed by atoms with E-state index in [0.29, 0.717) is 19.4 Å². The average Bonchev–Trinajstić information content (AvgIpc) is 3.41. The van der Waals surface area contributed by atoms with Gasteiger partial charge in [0.2, 0.25) is 5.91 Å². The van der Waals surface area contributed by atoms with Crippen LogP contribution in [0.1, 0.15) is 393 Å². The van der Waals surface area contributed by atoms with Crippen molar-refractivity contribution < 1.29 is 24.5 Å². The number of aliphatic hydroxyl groups is 2. The predicted octanol–water partition coefficient (Wildman–Crippen LogP) is 22.0. The molecule has 0 radical (unpaired) electrons. The number of carbonyl (C=O) groups is 2. The van der Waals surface area contributed by atoms with Crippen molar-refractivity contribution in [2.24, 2.45) is 0 Å². The van der Waals surface area contributed by atoms with Crippen LogP contribution in [0.4, 0.5) is 0 Å². The van der Waals surface area contributed by atoms with E-state index in [2.05, 4.69) is 19.2 Å². The first-order valence-corrected chi connectivity index (χ1v) is 34.5. The number of unbranched alkanes of at least 4 members (excludes halogenated alkanes) is 54. The fourth-order valence-electron chi connectivity index (χ4n) is 11.1. The van der Waals surface area contributed by atoms with E-state index in [-0.39, 0.29) is 18.5 Å². The summed E-state index contributed by atoms with van der Waals surface area (Å²) in [6, 6.07) is -0.627. The first-order valence-electron chi connectivity index (χ1n) is 34.5. The molecule has 2 unspecified atom stereocenters. The summed E-state index contributed by atoms with van der Waals surface area (Å²) in [6.45, 7) is 4.95. The number of rotatable bonds is 65. The molecule has 0 saturated heterocycles. The molecule has 0 spiro atoms. The van der Waals surface area contributed by atoms with E-state index in [1.54, 1.807) is 6.08 Å². The molecule has 2 atom stereocenters. The summed E-state index contributed by atoms with van der Waals surface area (Å²) >= 11 is 0. The molecule has 446 valence electrons. The summed E-state index contributed by atoms with van der Waals surface area (Å²) in [5.74, 6) is -0.0445. The second kappa shape index (κ2) is 65.1. The Bertz CT molecular complexity index is 1130. The maximum Gasteiger partial charge on any atom is 0.305 e. The second-order valence-corrected chi connectivity index (χ2v) is 23.9. The molecule has 6 heteroatoms. The van der Waals surface area contributed by atoms with Crippen LogP contribution in [0.25, 0.3) is 0 Å². The first-order chi connectivity index (χ1) is 37.0. The molecule has 0 saturated carbocycles. The number of allylic oxidation sites excluding steroid dienone is 1. The zero-order valence-electron chi connectivity index (χ0n) is 51.1. The van der Waals surface area contributed by atoms with Gasteiger partial charge in [-0.25, -0.2) is 0 Å². The Hall–Kier alpha value is -1.40. The molecule has 0 aromatic heterocycles. The smallest absolute Gasteiger partial charge is 0.305 e. The molecule has 0 bridgehead atoms. The Kier molecular flexibility index (Phi) is 63.9. The van der Waals surface area contributed by atoms with E-state index >= 15 is 0 Å². The monoisotopic (exact) mass is 1060 g/mol. The van der Waals surface area contributed by atoms with Crippen molar-refractivity contribution >= 4 is 11.9 Å². The van der Waals surface area contributed by atoms with Gasteiger partial charge in [0.15, 0.2) is 0 Å². The van der Waals surface area contributed by atoms with Gasteiger partial charge < -0.3 is 20.3 Å². The van der Waals surface area contributed by atoms with Gasteiger partial charge >= 0.3 is 5.97 Å². The highest BCUT2D eigenvalue weighted by Gasteiger charge is 2.18. The van der Waals surface area contributed by atoms with E-state index in [1.165, 1.54) is 327 Å². The molecule has 75 heavy (non-hydrogen) atoms. The van der Waals surface area contributed by atoms with Gasteiger partial charge in [-0.3, -0.25) is 9.59 Å². The molecule has 0 rings (SSSR count). The molecule has 1 amide bonds. The van der Waals surface area contributed by atoms with Crippen molar-refractivity contribution in [3.8, 4) is 0 Å². The minimum Gasteiger partial charge on any atom is -0.466 e. The van der Waals surface area contributed by atoms with Crippen LogP contribution in [0.15, 0.2) is 12.2 Å². The van der Waals surface area contributed by atoms with Crippen LogP contribution < -0.4 is 5.32 Å². The molecular formula is C69H135NO5. The fourth-order valence-corrected chi connectivity index (χ4v) is 11.1. The third-order valence-electron chi connectivity index (χ3n) is 16.3. The number of aliphatic hydroxyl groups excluding tert-OH is 2. The highest BCUT2D eigenvalue weighted by molar-refractivity contribution is 5.76. The zero-order chi connectivity index (χ0) is 54.3. The molecular weight excluding hydrogens is 923 g/mol. The lowest BCUT2D eigenvalue weighted by atomic mass is 10.0. The summed E-state index contributed by atoms with van der Waals surface area (Å²) in [4.78, 5) is 24.6. The molecule has 0 fully saturated rings. The van der Waals surface area contributed by atoms with Crippen molar-refractivity contribution in [3.63, 3.8) is 0 Å². The summed E-state index contributed by atoms with van der Waals surface area (Å²) in [6.07, 6.45) is 79.9. The molecule has 3 N–H and O–H groups in total. The Morgan fingerprint density at radius 2 is 0.613 bits per heavy atom. The highest BCUT2D eigenvalue weighted by atomic mass is 16.5. The normalized spacial score (nSPS) is 12.5. The average molecular weight is 1060 g/mol. The van der Waals surface area contributed by atoms with Gasteiger partial charge in [0.1, 0.15) is 0 Å². The van der Waals surface area contributed by atoms with E-state index in [1.807, 2.05) is 6.08 Å². The van der Waals surface area contributed by atoms with Crippen LogP contribution >= 0.6 is 0 Å². The van der Waals surface area contributed by atoms with Gasteiger partial charge in [-0.2, -0.15) is 0 Å². The molecule has 0 aliphatic heterocycles. The first kappa shape index (κ1) is 73.6. The maximum atomic E-state index is 12.5. The van der Waals surface area contributed by atoms with E-state index in [4.69, 9.17) is 4.74 Å². The van der Waals surface area contributed by atoms with Crippen LogP contribution in [-0.4, -0.2) is 47.4 Å². The summed E-state index contributed by atoms with van der Waals surface area (Å²) < 4.78 is 5.51. The predicted molar refractivity (Wildman–Crippen MR) is 329 cm³/mol. The largest absolute Gasteiger partial charge is 0.466 e. The van der Waals surface area contributed by atoms with Crippen molar-refractivity contribution in [2.75, 3.05) is 13.2 Å². The second-order valence-electron chi connectivity index (χ2n) is 23.9. The van der Waals surface area contributed by atoms with E-state index in [9.17, 15) is 19.8 Å². The number of esters is 1. The lowest BCUT2D eigenvalue weighted by Crippen LogP contribution is -2.45. The lowest BCUT2D eigenvalue weighted by Gasteiger charge is -2.20. The maximum absolute atomic E-state index is 12.5. The third kappa shape index (κ3) is 61.7. The van der Waals surface area contributed by atoms with Gasteiger partial charge in [0.05, 0.1) is 25.4 Å². The van der Waals surface area contributed by atoms with E-state index < -0.39 is 12.1 Å². The van der Waals surface area contributed by atoms with Crippen LogP contribution in [0.5, 0.6) is 0 Å². The number of carbonyl (C=O) groups excluding carboxylic acids is 2. The van der Waals surface area contributed by atoms with Gasteiger partial charge in [-0.1, -0.05) is 360 Å². The fraction of sp³-hybridized carbons (Fsp3) is 0.942. The van der Waals surface area contributed by atoms with Crippen molar-refractivity contribution in [2.45, 2.75) is 405 Å². The number of amides is 1. The minimum absolute atomic E-state index is 0.0197. The molecule has 0 heterocycles. The van der Waals surface area contributed by atoms with Gasteiger partial charge in [-0.15, -0.1) is 0 Å². The number of ether oxygens (including phenoxy) is 1. The molecule has 0 aliphatic rings. The van der Waals surface area contributed by atoms with Crippen LogP contribution in [0, 0.1) is 0 Å². The Morgan fingerprint density at radius 3 is 0.907 bits per heavy atom. The quantitative estimate of drug-likeness (QED) is 0.0320.